The molecule has 3 aromatic carbocycles. The summed E-state index contributed by atoms with van der Waals surface area (Å²) in [5.74, 6) is 1.33. The van der Waals surface area contributed by atoms with Crippen molar-refractivity contribution in [3.63, 3.8) is 0 Å². The van der Waals surface area contributed by atoms with E-state index >= 15 is 0 Å². The predicted molar refractivity (Wildman–Crippen MR) is 129 cm³/mol. The third kappa shape index (κ3) is 5.69. The molecule has 0 aliphatic rings. The number of benzene rings is 3. The number of hydrogen-bond acceptors (Lipinski definition) is 6. The quantitative estimate of drug-likeness (QED) is 0.381. The van der Waals surface area contributed by atoms with Crippen molar-refractivity contribution in [2.75, 3.05) is 16.4 Å². The Kier molecular flexibility index (Phi) is 6.89. The van der Waals surface area contributed by atoms with Crippen LogP contribution in [0.1, 0.15) is 12.7 Å². The number of aromatic nitrogens is 3. The van der Waals surface area contributed by atoms with Crippen molar-refractivity contribution < 1.29 is 14.3 Å². The van der Waals surface area contributed by atoms with Crippen LogP contribution < -0.4 is 15.4 Å². The van der Waals surface area contributed by atoms with Gasteiger partial charge < -0.3 is 19.9 Å². The Labute approximate surface area is 195 Å². The van der Waals surface area contributed by atoms with Crippen LogP contribution in [0.4, 0.5) is 11.4 Å². The van der Waals surface area contributed by atoms with Crippen molar-refractivity contribution in [1.82, 2.24) is 14.8 Å². The van der Waals surface area contributed by atoms with Crippen molar-refractivity contribution in [1.29, 1.82) is 0 Å². The zero-order valence-corrected chi connectivity index (χ0v) is 19.1. The van der Waals surface area contributed by atoms with Gasteiger partial charge in [0.2, 0.25) is 11.8 Å². The normalized spacial score (nSPS) is 10.7. The standard InChI is InChI=1S/C24H23N5O3S/c1-16(30)25-18-10-12-19(13-11-18)26-23(31)15-33-24-28-27-22(29(24)2)14-32-21-9-5-7-17-6-3-4-8-20(17)21/h3-13H,14-15H2,1-2H3,(H,25,30)(H,26,31). The van der Waals surface area contributed by atoms with Gasteiger partial charge in [0.1, 0.15) is 12.4 Å². The molecule has 9 heteroatoms. The number of fused-ring (bicyclic) bond motifs is 1. The van der Waals surface area contributed by atoms with E-state index in [1.165, 1.54) is 18.7 Å². The fraction of sp³-hybridized carbons (Fsp3) is 0.167. The van der Waals surface area contributed by atoms with Crippen molar-refractivity contribution >= 4 is 45.7 Å². The van der Waals surface area contributed by atoms with Crippen molar-refractivity contribution in [2.24, 2.45) is 7.05 Å². The van der Waals surface area contributed by atoms with E-state index in [9.17, 15) is 9.59 Å². The van der Waals surface area contributed by atoms with Crippen LogP contribution in [0.5, 0.6) is 5.75 Å². The molecule has 33 heavy (non-hydrogen) atoms. The van der Waals surface area contributed by atoms with Crippen LogP contribution in [0, 0.1) is 0 Å². The van der Waals surface area contributed by atoms with E-state index in [-0.39, 0.29) is 24.2 Å². The molecule has 0 aliphatic carbocycles. The van der Waals surface area contributed by atoms with Gasteiger partial charge in [0.15, 0.2) is 11.0 Å². The second kappa shape index (κ2) is 10.2. The molecule has 4 aromatic rings. The largest absolute Gasteiger partial charge is 0.485 e. The first-order valence-corrected chi connectivity index (χ1v) is 11.3. The molecule has 0 bridgehead atoms. The highest BCUT2D eigenvalue weighted by molar-refractivity contribution is 7.99. The van der Waals surface area contributed by atoms with Gasteiger partial charge >= 0.3 is 0 Å². The molecule has 168 valence electrons. The van der Waals surface area contributed by atoms with Gasteiger partial charge in [-0.05, 0) is 35.7 Å². The van der Waals surface area contributed by atoms with Crippen molar-refractivity contribution in [2.45, 2.75) is 18.7 Å². The molecule has 0 unspecified atom stereocenters. The summed E-state index contributed by atoms with van der Waals surface area (Å²) in [6.07, 6.45) is 0. The van der Waals surface area contributed by atoms with E-state index in [0.29, 0.717) is 22.4 Å². The van der Waals surface area contributed by atoms with Crippen molar-refractivity contribution in [3.05, 3.63) is 72.6 Å². The highest BCUT2D eigenvalue weighted by atomic mass is 32.2. The molecule has 8 nitrogen and oxygen atoms in total. The monoisotopic (exact) mass is 461 g/mol. The van der Waals surface area contributed by atoms with E-state index in [1.807, 2.05) is 54.1 Å². The number of hydrogen-bond donors (Lipinski definition) is 2. The minimum atomic E-state index is -0.163. The summed E-state index contributed by atoms with van der Waals surface area (Å²) in [6, 6.07) is 20.9. The molecule has 2 N–H and O–H groups in total. The summed E-state index contributed by atoms with van der Waals surface area (Å²) in [6.45, 7) is 1.71. The zero-order chi connectivity index (χ0) is 23.2. The number of thioether (sulfide) groups is 1. The first-order chi connectivity index (χ1) is 16.0. The molecular formula is C24H23N5O3S. The predicted octanol–water partition coefficient (Wildman–Crippen LogP) is 4.24. The summed E-state index contributed by atoms with van der Waals surface area (Å²) < 4.78 is 7.82. The van der Waals surface area contributed by atoms with Crippen LogP contribution in [0.2, 0.25) is 0 Å². The highest BCUT2D eigenvalue weighted by Crippen LogP contribution is 2.26. The van der Waals surface area contributed by atoms with Gasteiger partial charge in [-0.2, -0.15) is 0 Å². The number of carbonyl (C=O) groups excluding carboxylic acids is 2. The van der Waals surface area contributed by atoms with Crippen LogP contribution in [0.15, 0.2) is 71.9 Å². The summed E-state index contributed by atoms with van der Waals surface area (Å²) in [5.41, 5.74) is 1.32. The van der Waals surface area contributed by atoms with Crippen LogP contribution in [0.3, 0.4) is 0 Å². The molecule has 0 radical (unpaired) electrons. The number of anilines is 2. The lowest BCUT2D eigenvalue weighted by Crippen LogP contribution is -2.14. The maximum absolute atomic E-state index is 12.3. The molecule has 0 fully saturated rings. The van der Waals surface area contributed by atoms with Gasteiger partial charge in [0, 0.05) is 30.7 Å². The summed E-state index contributed by atoms with van der Waals surface area (Å²) in [7, 11) is 1.85. The molecule has 0 atom stereocenters. The van der Waals surface area contributed by atoms with E-state index in [0.717, 1.165) is 16.5 Å². The van der Waals surface area contributed by atoms with Gasteiger partial charge in [0.05, 0.1) is 5.75 Å². The second-order valence-corrected chi connectivity index (χ2v) is 8.26. The topological polar surface area (TPSA) is 98.1 Å². The third-order valence-corrected chi connectivity index (χ3v) is 5.87. The van der Waals surface area contributed by atoms with Crippen LogP contribution >= 0.6 is 11.8 Å². The Morgan fingerprint density at radius 2 is 1.64 bits per heavy atom. The third-order valence-electron chi connectivity index (χ3n) is 4.85. The van der Waals surface area contributed by atoms with E-state index < -0.39 is 0 Å². The first-order valence-electron chi connectivity index (χ1n) is 10.3. The number of nitrogens with zero attached hydrogens (tertiary/aromatic N) is 3. The fourth-order valence-electron chi connectivity index (χ4n) is 3.23. The maximum atomic E-state index is 12.3. The fourth-order valence-corrected chi connectivity index (χ4v) is 3.96. The molecule has 0 spiro atoms. The Balaban J connectivity index is 1.31. The average molecular weight is 462 g/mol. The molecule has 4 rings (SSSR count). The summed E-state index contributed by atoms with van der Waals surface area (Å²) in [4.78, 5) is 23.4. The lowest BCUT2D eigenvalue weighted by molar-refractivity contribution is -0.114. The number of amides is 2. The van der Waals surface area contributed by atoms with Crippen LogP contribution in [-0.2, 0) is 23.2 Å². The summed E-state index contributed by atoms with van der Waals surface area (Å²) >= 11 is 1.30. The Morgan fingerprint density at radius 1 is 0.939 bits per heavy atom. The number of ether oxygens (including phenoxy) is 1. The maximum Gasteiger partial charge on any atom is 0.234 e. The minimum Gasteiger partial charge on any atom is -0.485 e. The smallest absolute Gasteiger partial charge is 0.234 e. The van der Waals surface area contributed by atoms with Gasteiger partial charge in [-0.15, -0.1) is 10.2 Å². The Morgan fingerprint density at radius 3 is 2.39 bits per heavy atom. The van der Waals surface area contributed by atoms with E-state index in [4.69, 9.17) is 4.74 Å². The number of nitrogens with one attached hydrogen (secondary N) is 2. The van der Waals surface area contributed by atoms with Crippen LogP contribution in [-0.4, -0.2) is 32.3 Å². The molecular weight excluding hydrogens is 438 g/mol. The lowest BCUT2D eigenvalue weighted by Gasteiger charge is -2.09. The Bertz CT molecular complexity index is 1280. The average Bonchev–Trinajstić information content (AvgIpc) is 3.16. The molecule has 1 aromatic heterocycles. The number of rotatable bonds is 8. The number of carbonyl (C=O) groups is 2. The second-order valence-electron chi connectivity index (χ2n) is 7.32. The molecule has 2 amide bonds. The Hall–Kier alpha value is -3.85. The zero-order valence-electron chi connectivity index (χ0n) is 18.2. The van der Waals surface area contributed by atoms with Gasteiger partial charge in [0.25, 0.3) is 0 Å². The van der Waals surface area contributed by atoms with Gasteiger partial charge in [-0.3, -0.25) is 9.59 Å². The van der Waals surface area contributed by atoms with E-state index in [2.05, 4.69) is 20.8 Å². The van der Waals surface area contributed by atoms with Gasteiger partial charge in [-0.1, -0.05) is 48.2 Å². The lowest BCUT2D eigenvalue weighted by atomic mass is 10.1. The van der Waals surface area contributed by atoms with Crippen molar-refractivity contribution in [3.8, 4) is 5.75 Å². The minimum absolute atomic E-state index is 0.145. The van der Waals surface area contributed by atoms with Gasteiger partial charge in [-0.25, -0.2) is 0 Å². The first kappa shape index (κ1) is 22.3. The van der Waals surface area contributed by atoms with Crippen LogP contribution in [0.25, 0.3) is 10.8 Å². The molecule has 0 saturated carbocycles. The summed E-state index contributed by atoms with van der Waals surface area (Å²) in [5, 5.41) is 16.7. The molecule has 1 heterocycles. The molecule has 0 aliphatic heterocycles. The molecule has 0 saturated heterocycles. The van der Waals surface area contributed by atoms with E-state index in [1.54, 1.807) is 24.3 Å². The SMILES string of the molecule is CC(=O)Nc1ccc(NC(=O)CSc2nnc(COc3cccc4ccccc34)n2C)cc1. The highest BCUT2D eigenvalue weighted by Gasteiger charge is 2.13.